The number of alkyl halides is 2. The molecular formula is C12H15BrF2N2. The van der Waals surface area contributed by atoms with Crippen molar-refractivity contribution in [2.24, 2.45) is 0 Å². The molecule has 0 bridgehead atoms. The number of nitrogens with zero attached hydrogens (tertiary/aromatic N) is 1. The fourth-order valence-electron chi connectivity index (χ4n) is 2.06. The Kier molecular flexibility index (Phi) is 3.68. The van der Waals surface area contributed by atoms with Crippen LogP contribution in [0.15, 0.2) is 22.7 Å². The predicted molar refractivity (Wildman–Crippen MR) is 68.0 cm³/mol. The van der Waals surface area contributed by atoms with Crippen molar-refractivity contribution in [3.05, 3.63) is 28.2 Å². The van der Waals surface area contributed by atoms with E-state index in [1.165, 1.54) is 0 Å². The van der Waals surface area contributed by atoms with Crippen molar-refractivity contribution in [3.63, 3.8) is 0 Å². The zero-order valence-electron chi connectivity index (χ0n) is 9.43. The third-order valence-electron chi connectivity index (χ3n) is 2.97. The van der Waals surface area contributed by atoms with Crippen LogP contribution in [0.2, 0.25) is 0 Å². The van der Waals surface area contributed by atoms with E-state index in [2.05, 4.69) is 15.9 Å². The number of nitrogen functional groups attached to an aromatic ring is 1. The fourth-order valence-corrected chi connectivity index (χ4v) is 2.62. The normalized spacial score (nSPS) is 20.4. The van der Waals surface area contributed by atoms with E-state index >= 15 is 0 Å². The summed E-state index contributed by atoms with van der Waals surface area (Å²) >= 11 is 3.38. The Balaban J connectivity index is 1.97. The van der Waals surface area contributed by atoms with Gasteiger partial charge in [-0.05, 0) is 23.8 Å². The minimum absolute atomic E-state index is 0.0452. The molecule has 1 aliphatic rings. The van der Waals surface area contributed by atoms with Crippen LogP contribution in [0.5, 0.6) is 0 Å². The molecule has 2 nitrogen and oxygen atoms in total. The maximum Gasteiger partial charge on any atom is 0.250 e. The molecule has 17 heavy (non-hydrogen) atoms. The van der Waals surface area contributed by atoms with Crippen molar-refractivity contribution in [3.8, 4) is 0 Å². The second kappa shape index (κ2) is 4.90. The lowest BCUT2D eigenvalue weighted by molar-refractivity contribution is -0.0566. The summed E-state index contributed by atoms with van der Waals surface area (Å²) in [7, 11) is 0. The Labute approximate surface area is 108 Å². The molecule has 5 heteroatoms. The Hall–Kier alpha value is -0.680. The first-order valence-corrected chi connectivity index (χ1v) is 6.39. The lowest BCUT2D eigenvalue weighted by Crippen LogP contribution is -2.38. The summed E-state index contributed by atoms with van der Waals surface area (Å²) in [6.07, 6.45) is -0.0903. The zero-order valence-corrected chi connectivity index (χ0v) is 11.0. The molecule has 1 saturated heterocycles. The molecule has 2 rings (SSSR count). The van der Waals surface area contributed by atoms with Crippen LogP contribution in [0.25, 0.3) is 0 Å². The van der Waals surface area contributed by atoms with Gasteiger partial charge in [-0.25, -0.2) is 8.78 Å². The molecule has 1 heterocycles. The van der Waals surface area contributed by atoms with Crippen molar-refractivity contribution in [1.82, 2.24) is 4.90 Å². The number of hydrogen-bond donors (Lipinski definition) is 1. The quantitative estimate of drug-likeness (QED) is 0.850. The Bertz CT molecular complexity index is 379. The topological polar surface area (TPSA) is 29.3 Å². The number of hydrogen-bond acceptors (Lipinski definition) is 2. The molecule has 0 spiro atoms. The Morgan fingerprint density at radius 2 is 1.88 bits per heavy atom. The number of rotatable bonds is 2. The highest BCUT2D eigenvalue weighted by Gasteiger charge is 2.33. The first kappa shape index (κ1) is 12.8. The van der Waals surface area contributed by atoms with E-state index in [0.29, 0.717) is 25.3 Å². The van der Waals surface area contributed by atoms with Gasteiger partial charge in [0, 0.05) is 42.6 Å². The lowest BCUT2D eigenvalue weighted by Gasteiger charge is -2.31. The van der Waals surface area contributed by atoms with Crippen molar-refractivity contribution < 1.29 is 8.78 Å². The van der Waals surface area contributed by atoms with Crippen molar-refractivity contribution >= 4 is 21.6 Å². The number of halogens is 3. The van der Waals surface area contributed by atoms with Gasteiger partial charge in [-0.2, -0.15) is 0 Å². The number of benzene rings is 1. The Morgan fingerprint density at radius 1 is 1.24 bits per heavy atom. The average molecular weight is 305 g/mol. The molecule has 0 unspecified atom stereocenters. The number of nitrogens with two attached hydrogens (primary N) is 1. The van der Waals surface area contributed by atoms with E-state index in [1.54, 1.807) is 0 Å². The molecule has 0 saturated carbocycles. The van der Waals surface area contributed by atoms with E-state index < -0.39 is 5.92 Å². The standard InChI is InChI=1S/C12H15BrF2N2/c13-10-5-9(6-11(16)7-10)8-17-3-1-12(14,15)2-4-17/h5-7H,1-4,8,16H2. The lowest BCUT2D eigenvalue weighted by atomic mass is 10.1. The minimum Gasteiger partial charge on any atom is -0.399 e. The van der Waals surface area contributed by atoms with Crippen LogP contribution >= 0.6 is 15.9 Å². The maximum atomic E-state index is 13.0. The number of likely N-dealkylation sites (tertiary alicyclic amines) is 1. The van der Waals surface area contributed by atoms with Gasteiger partial charge < -0.3 is 5.73 Å². The van der Waals surface area contributed by atoms with Gasteiger partial charge in [0.15, 0.2) is 0 Å². The van der Waals surface area contributed by atoms with E-state index in [-0.39, 0.29) is 12.8 Å². The predicted octanol–water partition coefficient (Wildman–Crippen LogP) is 3.26. The van der Waals surface area contributed by atoms with Crippen molar-refractivity contribution in [2.45, 2.75) is 25.3 Å². The largest absolute Gasteiger partial charge is 0.399 e. The van der Waals surface area contributed by atoms with Crippen LogP contribution in [0.1, 0.15) is 18.4 Å². The molecule has 0 radical (unpaired) electrons. The molecule has 1 aromatic rings. The molecule has 0 atom stereocenters. The summed E-state index contributed by atoms with van der Waals surface area (Å²) in [6.45, 7) is 1.57. The highest BCUT2D eigenvalue weighted by molar-refractivity contribution is 9.10. The molecular weight excluding hydrogens is 290 g/mol. The second-order valence-electron chi connectivity index (χ2n) is 4.52. The van der Waals surface area contributed by atoms with Gasteiger partial charge in [0.1, 0.15) is 0 Å². The van der Waals surface area contributed by atoms with Crippen LogP contribution in [-0.2, 0) is 6.54 Å². The summed E-state index contributed by atoms with van der Waals surface area (Å²) in [6, 6.07) is 5.69. The molecule has 0 amide bonds. The van der Waals surface area contributed by atoms with Crippen molar-refractivity contribution in [2.75, 3.05) is 18.8 Å². The molecule has 0 aromatic heterocycles. The van der Waals surface area contributed by atoms with Gasteiger partial charge >= 0.3 is 0 Å². The van der Waals surface area contributed by atoms with E-state index in [1.807, 2.05) is 23.1 Å². The Morgan fingerprint density at radius 3 is 2.47 bits per heavy atom. The van der Waals surface area contributed by atoms with Crippen LogP contribution in [-0.4, -0.2) is 23.9 Å². The first-order valence-electron chi connectivity index (χ1n) is 5.60. The van der Waals surface area contributed by atoms with Gasteiger partial charge in [-0.15, -0.1) is 0 Å². The fraction of sp³-hybridized carbons (Fsp3) is 0.500. The maximum absolute atomic E-state index is 13.0. The van der Waals surface area contributed by atoms with Crippen LogP contribution in [0.3, 0.4) is 0 Å². The third-order valence-corrected chi connectivity index (χ3v) is 3.43. The summed E-state index contributed by atoms with van der Waals surface area (Å²) in [5, 5.41) is 0. The molecule has 1 aromatic carbocycles. The smallest absolute Gasteiger partial charge is 0.250 e. The van der Waals surface area contributed by atoms with Gasteiger partial charge in [0.25, 0.3) is 5.92 Å². The molecule has 2 N–H and O–H groups in total. The van der Waals surface area contributed by atoms with Crippen molar-refractivity contribution in [1.29, 1.82) is 0 Å². The zero-order chi connectivity index (χ0) is 12.5. The summed E-state index contributed by atoms with van der Waals surface area (Å²) in [4.78, 5) is 2.04. The van der Waals surface area contributed by atoms with Crippen LogP contribution < -0.4 is 5.73 Å². The summed E-state index contributed by atoms with van der Waals surface area (Å²) in [5.41, 5.74) is 7.49. The first-order chi connectivity index (χ1) is 7.94. The summed E-state index contributed by atoms with van der Waals surface area (Å²) in [5.74, 6) is -2.48. The molecule has 0 aliphatic carbocycles. The molecule has 94 valence electrons. The highest BCUT2D eigenvalue weighted by atomic mass is 79.9. The molecule has 1 aliphatic heterocycles. The van der Waals surface area contributed by atoms with Gasteiger partial charge in [-0.3, -0.25) is 4.90 Å². The monoisotopic (exact) mass is 304 g/mol. The SMILES string of the molecule is Nc1cc(Br)cc(CN2CCC(F)(F)CC2)c1. The van der Waals surface area contributed by atoms with E-state index in [4.69, 9.17) is 5.73 Å². The van der Waals surface area contributed by atoms with Gasteiger partial charge in [0.05, 0.1) is 0 Å². The van der Waals surface area contributed by atoms with Crippen LogP contribution in [0, 0.1) is 0 Å². The third kappa shape index (κ3) is 3.64. The minimum atomic E-state index is -2.48. The van der Waals surface area contributed by atoms with E-state index in [0.717, 1.165) is 10.0 Å². The number of piperidine rings is 1. The van der Waals surface area contributed by atoms with Crippen LogP contribution in [0.4, 0.5) is 14.5 Å². The summed E-state index contributed by atoms with van der Waals surface area (Å²) < 4.78 is 26.9. The highest BCUT2D eigenvalue weighted by Crippen LogP contribution is 2.28. The molecule has 1 fully saturated rings. The number of anilines is 1. The average Bonchev–Trinajstić information content (AvgIpc) is 2.20. The van der Waals surface area contributed by atoms with Gasteiger partial charge in [0.2, 0.25) is 0 Å². The van der Waals surface area contributed by atoms with Gasteiger partial charge in [-0.1, -0.05) is 15.9 Å². The second-order valence-corrected chi connectivity index (χ2v) is 5.44. The van der Waals surface area contributed by atoms with E-state index in [9.17, 15) is 8.78 Å².